The van der Waals surface area contributed by atoms with E-state index in [9.17, 15) is 0 Å². The zero-order valence-electron chi connectivity index (χ0n) is 8.99. The van der Waals surface area contributed by atoms with Crippen LogP contribution in [0.15, 0.2) is 30.3 Å². The number of hydrogen-bond donors (Lipinski definition) is 1. The maximum absolute atomic E-state index is 3.57. The number of rotatable bonds is 6. The molecule has 1 nitrogen and oxygen atoms in total. The second kappa shape index (κ2) is 6.91. The summed E-state index contributed by atoms with van der Waals surface area (Å²) in [5.41, 5.74) is 1.40. The van der Waals surface area contributed by atoms with Gasteiger partial charge in [-0.25, -0.2) is 0 Å². The second-order valence-corrected chi connectivity index (χ2v) is 4.30. The summed E-state index contributed by atoms with van der Waals surface area (Å²) in [7, 11) is 0. The van der Waals surface area contributed by atoms with Crippen molar-refractivity contribution in [2.45, 2.75) is 19.4 Å². The Labute approximate surface area is 91.3 Å². The summed E-state index contributed by atoms with van der Waals surface area (Å²) >= 11 is 1.89. The maximum atomic E-state index is 3.57. The monoisotopic (exact) mass is 209 g/mol. The molecule has 1 atom stereocenters. The molecule has 1 unspecified atom stereocenters. The summed E-state index contributed by atoms with van der Waals surface area (Å²) in [6.45, 7) is 3.32. The highest BCUT2D eigenvalue weighted by molar-refractivity contribution is 7.98. The topological polar surface area (TPSA) is 12.0 Å². The van der Waals surface area contributed by atoms with E-state index in [2.05, 4.69) is 48.8 Å². The SMILES string of the molecule is CCC(NCCSC)c1ccccc1. The largest absolute Gasteiger partial charge is 0.309 e. The van der Waals surface area contributed by atoms with Crippen LogP contribution in [-0.4, -0.2) is 18.6 Å². The summed E-state index contributed by atoms with van der Waals surface area (Å²) in [4.78, 5) is 0. The molecule has 14 heavy (non-hydrogen) atoms. The van der Waals surface area contributed by atoms with Crippen molar-refractivity contribution < 1.29 is 0 Å². The number of hydrogen-bond acceptors (Lipinski definition) is 2. The fourth-order valence-corrected chi connectivity index (χ4v) is 1.84. The molecule has 0 fully saturated rings. The van der Waals surface area contributed by atoms with Gasteiger partial charge in [-0.1, -0.05) is 37.3 Å². The molecular formula is C12H19NS. The summed E-state index contributed by atoms with van der Waals surface area (Å²) in [6, 6.07) is 11.2. The first-order valence-corrected chi connectivity index (χ1v) is 6.55. The molecule has 0 saturated heterocycles. The van der Waals surface area contributed by atoms with E-state index >= 15 is 0 Å². The first-order valence-electron chi connectivity index (χ1n) is 5.15. The lowest BCUT2D eigenvalue weighted by molar-refractivity contribution is 0.540. The van der Waals surface area contributed by atoms with Crippen LogP contribution < -0.4 is 5.32 Å². The van der Waals surface area contributed by atoms with Gasteiger partial charge >= 0.3 is 0 Å². The van der Waals surface area contributed by atoms with Gasteiger partial charge in [-0.2, -0.15) is 11.8 Å². The molecule has 1 aromatic rings. The van der Waals surface area contributed by atoms with Crippen LogP contribution in [0.2, 0.25) is 0 Å². The van der Waals surface area contributed by atoms with Gasteiger partial charge in [-0.05, 0) is 18.2 Å². The van der Waals surface area contributed by atoms with Crippen molar-refractivity contribution in [3.8, 4) is 0 Å². The van der Waals surface area contributed by atoms with Crippen molar-refractivity contribution in [2.75, 3.05) is 18.6 Å². The van der Waals surface area contributed by atoms with Crippen molar-refractivity contribution in [1.82, 2.24) is 5.32 Å². The summed E-state index contributed by atoms with van der Waals surface area (Å²) < 4.78 is 0. The van der Waals surface area contributed by atoms with E-state index in [1.807, 2.05) is 11.8 Å². The molecule has 0 aliphatic heterocycles. The zero-order valence-corrected chi connectivity index (χ0v) is 9.81. The minimum absolute atomic E-state index is 0.517. The third-order valence-corrected chi connectivity index (χ3v) is 2.92. The molecule has 2 heteroatoms. The Bertz CT molecular complexity index is 235. The van der Waals surface area contributed by atoms with Gasteiger partial charge in [0.05, 0.1) is 0 Å². The van der Waals surface area contributed by atoms with Gasteiger partial charge < -0.3 is 5.32 Å². The number of nitrogens with one attached hydrogen (secondary N) is 1. The maximum Gasteiger partial charge on any atom is 0.0317 e. The van der Waals surface area contributed by atoms with Gasteiger partial charge in [0.1, 0.15) is 0 Å². The molecule has 0 spiro atoms. The van der Waals surface area contributed by atoms with Crippen LogP contribution in [0.25, 0.3) is 0 Å². The summed E-state index contributed by atoms with van der Waals surface area (Å²) in [6.07, 6.45) is 3.30. The zero-order chi connectivity index (χ0) is 10.2. The van der Waals surface area contributed by atoms with Crippen LogP contribution in [0.1, 0.15) is 24.9 Å². The Hall–Kier alpha value is -0.470. The Morgan fingerprint density at radius 2 is 2.00 bits per heavy atom. The van der Waals surface area contributed by atoms with Gasteiger partial charge in [0.2, 0.25) is 0 Å². The molecule has 0 saturated carbocycles. The normalized spacial score (nSPS) is 12.7. The van der Waals surface area contributed by atoms with Crippen molar-refractivity contribution in [3.63, 3.8) is 0 Å². The first kappa shape index (κ1) is 11.6. The molecule has 1 N–H and O–H groups in total. The fourth-order valence-electron chi connectivity index (χ4n) is 1.52. The molecule has 0 bridgehead atoms. The molecule has 0 heterocycles. The predicted octanol–water partition coefficient (Wildman–Crippen LogP) is 3.09. The number of thioether (sulfide) groups is 1. The molecular weight excluding hydrogens is 190 g/mol. The molecule has 1 aromatic carbocycles. The van der Waals surface area contributed by atoms with Gasteiger partial charge in [-0.15, -0.1) is 0 Å². The minimum atomic E-state index is 0.517. The summed E-state index contributed by atoms with van der Waals surface area (Å²) in [5, 5.41) is 3.57. The second-order valence-electron chi connectivity index (χ2n) is 3.32. The lowest BCUT2D eigenvalue weighted by Gasteiger charge is -2.16. The molecule has 78 valence electrons. The predicted molar refractivity (Wildman–Crippen MR) is 65.9 cm³/mol. The molecule has 0 aromatic heterocycles. The van der Waals surface area contributed by atoms with Gasteiger partial charge in [-0.3, -0.25) is 0 Å². The third kappa shape index (κ3) is 3.72. The van der Waals surface area contributed by atoms with E-state index in [4.69, 9.17) is 0 Å². The molecule has 0 amide bonds. The first-order chi connectivity index (χ1) is 6.88. The number of benzene rings is 1. The highest BCUT2D eigenvalue weighted by Crippen LogP contribution is 2.15. The highest BCUT2D eigenvalue weighted by Gasteiger charge is 2.06. The minimum Gasteiger partial charge on any atom is -0.309 e. The van der Waals surface area contributed by atoms with Crippen LogP contribution in [0.5, 0.6) is 0 Å². The molecule has 0 aliphatic rings. The Balaban J connectivity index is 2.46. The van der Waals surface area contributed by atoms with E-state index < -0.39 is 0 Å². The van der Waals surface area contributed by atoms with E-state index in [1.54, 1.807) is 0 Å². The van der Waals surface area contributed by atoms with Crippen molar-refractivity contribution in [2.24, 2.45) is 0 Å². The van der Waals surface area contributed by atoms with Crippen LogP contribution in [0, 0.1) is 0 Å². The van der Waals surface area contributed by atoms with E-state index in [0.29, 0.717) is 6.04 Å². The van der Waals surface area contributed by atoms with E-state index in [0.717, 1.165) is 13.0 Å². The third-order valence-electron chi connectivity index (χ3n) is 2.31. The van der Waals surface area contributed by atoms with E-state index in [-0.39, 0.29) is 0 Å². The fraction of sp³-hybridized carbons (Fsp3) is 0.500. The average Bonchev–Trinajstić information content (AvgIpc) is 2.26. The van der Waals surface area contributed by atoms with Crippen molar-refractivity contribution in [3.05, 3.63) is 35.9 Å². The smallest absolute Gasteiger partial charge is 0.0317 e. The van der Waals surface area contributed by atoms with Gasteiger partial charge in [0, 0.05) is 18.3 Å². The van der Waals surface area contributed by atoms with Gasteiger partial charge in [0.15, 0.2) is 0 Å². The van der Waals surface area contributed by atoms with Crippen molar-refractivity contribution in [1.29, 1.82) is 0 Å². The molecule has 1 rings (SSSR count). The van der Waals surface area contributed by atoms with Crippen LogP contribution in [0.4, 0.5) is 0 Å². The Morgan fingerprint density at radius 3 is 2.57 bits per heavy atom. The lowest BCUT2D eigenvalue weighted by atomic mass is 10.1. The van der Waals surface area contributed by atoms with Crippen molar-refractivity contribution >= 4 is 11.8 Å². The highest BCUT2D eigenvalue weighted by atomic mass is 32.2. The Kier molecular flexibility index (Phi) is 5.72. The van der Waals surface area contributed by atoms with E-state index in [1.165, 1.54) is 11.3 Å². The van der Waals surface area contributed by atoms with Crippen LogP contribution in [-0.2, 0) is 0 Å². The lowest BCUT2D eigenvalue weighted by Crippen LogP contribution is -2.23. The Morgan fingerprint density at radius 1 is 1.29 bits per heavy atom. The molecule has 0 aliphatic carbocycles. The summed E-state index contributed by atoms with van der Waals surface area (Å²) in [5.74, 6) is 1.18. The average molecular weight is 209 g/mol. The molecule has 0 radical (unpaired) electrons. The van der Waals surface area contributed by atoms with Crippen LogP contribution >= 0.6 is 11.8 Å². The van der Waals surface area contributed by atoms with Crippen LogP contribution in [0.3, 0.4) is 0 Å². The quantitative estimate of drug-likeness (QED) is 0.723. The standard InChI is InChI=1S/C12H19NS/c1-3-12(13-9-10-14-2)11-7-5-4-6-8-11/h4-8,12-13H,3,9-10H2,1-2H3. The van der Waals surface area contributed by atoms with Gasteiger partial charge in [0.25, 0.3) is 0 Å².